The van der Waals surface area contributed by atoms with Crippen molar-refractivity contribution in [3.63, 3.8) is 0 Å². The summed E-state index contributed by atoms with van der Waals surface area (Å²) in [5, 5.41) is 3.32. The first-order valence-electron chi connectivity index (χ1n) is 6.88. The van der Waals surface area contributed by atoms with Crippen molar-refractivity contribution < 1.29 is 8.78 Å². The van der Waals surface area contributed by atoms with Crippen LogP contribution in [0.2, 0.25) is 0 Å². The Morgan fingerprint density at radius 2 is 2.05 bits per heavy atom. The summed E-state index contributed by atoms with van der Waals surface area (Å²) in [6.45, 7) is 2.83. The van der Waals surface area contributed by atoms with Gasteiger partial charge in [-0.15, -0.1) is 0 Å². The zero-order chi connectivity index (χ0) is 15.2. The van der Waals surface area contributed by atoms with E-state index >= 15 is 0 Å². The molecule has 0 aliphatic carbocycles. The van der Waals surface area contributed by atoms with E-state index < -0.39 is 0 Å². The molecule has 0 saturated carbocycles. The van der Waals surface area contributed by atoms with E-state index in [4.69, 9.17) is 0 Å². The van der Waals surface area contributed by atoms with Gasteiger partial charge in [0.25, 0.3) is 0 Å². The summed E-state index contributed by atoms with van der Waals surface area (Å²) in [6.07, 6.45) is 4.18. The second-order valence-corrected chi connectivity index (χ2v) is 5.80. The van der Waals surface area contributed by atoms with Gasteiger partial charge in [-0.2, -0.15) is 0 Å². The molecule has 21 heavy (non-hydrogen) atoms. The highest BCUT2D eigenvalue weighted by molar-refractivity contribution is 9.10. The lowest BCUT2D eigenvalue weighted by atomic mass is 9.99. The molecular weight excluding hydrogens is 338 g/mol. The van der Waals surface area contributed by atoms with Gasteiger partial charge < -0.3 is 5.32 Å². The number of benzene rings is 1. The van der Waals surface area contributed by atoms with Crippen LogP contribution in [0.4, 0.5) is 8.78 Å². The molecule has 2 nitrogen and oxygen atoms in total. The third-order valence-electron chi connectivity index (χ3n) is 3.21. The van der Waals surface area contributed by atoms with Gasteiger partial charge in [0.1, 0.15) is 11.6 Å². The van der Waals surface area contributed by atoms with Crippen LogP contribution in [0, 0.1) is 11.6 Å². The van der Waals surface area contributed by atoms with Gasteiger partial charge in [0.05, 0.1) is 6.20 Å². The van der Waals surface area contributed by atoms with E-state index in [9.17, 15) is 8.78 Å². The third-order valence-corrected chi connectivity index (χ3v) is 3.70. The molecule has 0 saturated heterocycles. The lowest BCUT2D eigenvalue weighted by Crippen LogP contribution is -2.24. The number of hydrogen-bond acceptors (Lipinski definition) is 2. The topological polar surface area (TPSA) is 24.9 Å². The lowest BCUT2D eigenvalue weighted by Gasteiger charge is -2.19. The van der Waals surface area contributed by atoms with Gasteiger partial charge in [-0.1, -0.05) is 28.9 Å². The summed E-state index contributed by atoms with van der Waals surface area (Å²) >= 11 is 3.24. The standard InChI is InChI=1S/C16H17BrF2N2/c1-2-5-21-16(12-6-14(18)10-20-9-12)7-11-3-4-13(17)8-15(11)19/h3-4,6,8-10,16,21H,2,5,7H2,1H3. The Balaban J connectivity index is 2.23. The van der Waals surface area contributed by atoms with Gasteiger partial charge in [0.15, 0.2) is 0 Å². The van der Waals surface area contributed by atoms with Gasteiger partial charge in [-0.05, 0) is 48.7 Å². The molecule has 0 fully saturated rings. The van der Waals surface area contributed by atoms with E-state index in [-0.39, 0.29) is 17.7 Å². The van der Waals surface area contributed by atoms with E-state index in [2.05, 4.69) is 26.2 Å². The van der Waals surface area contributed by atoms with Gasteiger partial charge >= 0.3 is 0 Å². The van der Waals surface area contributed by atoms with Crippen LogP contribution < -0.4 is 5.32 Å². The Morgan fingerprint density at radius 1 is 1.24 bits per heavy atom. The van der Waals surface area contributed by atoms with E-state index in [0.717, 1.165) is 18.5 Å². The highest BCUT2D eigenvalue weighted by Crippen LogP contribution is 2.22. The molecule has 0 aliphatic heterocycles. The summed E-state index contributed by atoms with van der Waals surface area (Å²) < 4.78 is 28.0. The minimum atomic E-state index is -0.382. The average molecular weight is 355 g/mol. The summed E-state index contributed by atoms with van der Waals surface area (Å²) in [6, 6.07) is 6.27. The first kappa shape index (κ1) is 16.0. The monoisotopic (exact) mass is 354 g/mol. The van der Waals surface area contributed by atoms with E-state index in [1.54, 1.807) is 18.3 Å². The minimum Gasteiger partial charge on any atom is -0.310 e. The fourth-order valence-electron chi connectivity index (χ4n) is 2.15. The molecule has 1 aromatic heterocycles. The molecule has 2 rings (SSSR count). The molecule has 2 aromatic rings. The second kappa shape index (κ2) is 7.61. The van der Waals surface area contributed by atoms with Gasteiger partial charge in [0, 0.05) is 16.7 Å². The minimum absolute atomic E-state index is 0.163. The molecule has 0 amide bonds. The molecule has 0 aliphatic rings. The number of nitrogens with zero attached hydrogens (tertiary/aromatic N) is 1. The number of hydrogen-bond donors (Lipinski definition) is 1. The van der Waals surface area contributed by atoms with Gasteiger partial charge in [0.2, 0.25) is 0 Å². The molecule has 1 aromatic carbocycles. The molecule has 0 bridgehead atoms. The number of rotatable bonds is 6. The molecule has 0 spiro atoms. The van der Waals surface area contributed by atoms with Gasteiger partial charge in [-0.25, -0.2) is 8.78 Å². The maximum atomic E-state index is 14.0. The van der Waals surface area contributed by atoms with Crippen LogP contribution in [0.5, 0.6) is 0 Å². The van der Waals surface area contributed by atoms with Crippen molar-refractivity contribution in [3.05, 3.63) is 63.9 Å². The zero-order valence-electron chi connectivity index (χ0n) is 11.7. The van der Waals surface area contributed by atoms with Crippen molar-refractivity contribution in [2.45, 2.75) is 25.8 Å². The van der Waals surface area contributed by atoms with E-state index in [0.29, 0.717) is 16.5 Å². The Morgan fingerprint density at radius 3 is 2.71 bits per heavy atom. The first-order valence-corrected chi connectivity index (χ1v) is 7.67. The normalized spacial score (nSPS) is 12.4. The fourth-order valence-corrected chi connectivity index (χ4v) is 2.49. The maximum absolute atomic E-state index is 14.0. The van der Waals surface area contributed by atoms with Crippen LogP contribution in [0.1, 0.15) is 30.5 Å². The molecule has 1 heterocycles. The molecule has 0 radical (unpaired) electrons. The summed E-state index contributed by atoms with van der Waals surface area (Å²) in [4.78, 5) is 3.88. The molecule has 1 N–H and O–H groups in total. The highest BCUT2D eigenvalue weighted by atomic mass is 79.9. The fraction of sp³-hybridized carbons (Fsp3) is 0.312. The Kier molecular flexibility index (Phi) is 5.82. The van der Waals surface area contributed by atoms with Crippen molar-refractivity contribution in [2.75, 3.05) is 6.54 Å². The summed E-state index contributed by atoms with van der Waals surface area (Å²) in [5.41, 5.74) is 1.32. The van der Waals surface area contributed by atoms with Crippen molar-refractivity contribution in [1.82, 2.24) is 10.3 Å². The Bertz CT molecular complexity index is 605. The van der Waals surface area contributed by atoms with Crippen molar-refractivity contribution in [3.8, 4) is 0 Å². The Hall–Kier alpha value is -1.33. The number of halogens is 3. The van der Waals surface area contributed by atoms with E-state index in [1.807, 2.05) is 6.92 Å². The molecule has 5 heteroatoms. The smallest absolute Gasteiger partial charge is 0.141 e. The molecule has 112 valence electrons. The first-order chi connectivity index (χ1) is 10.1. The van der Waals surface area contributed by atoms with Crippen LogP contribution in [0.15, 0.2) is 41.1 Å². The third kappa shape index (κ3) is 4.58. The molecule has 1 unspecified atom stereocenters. The van der Waals surface area contributed by atoms with Crippen LogP contribution >= 0.6 is 15.9 Å². The predicted molar refractivity (Wildman–Crippen MR) is 83.0 cm³/mol. The zero-order valence-corrected chi connectivity index (χ0v) is 13.3. The van der Waals surface area contributed by atoms with Crippen LogP contribution in [-0.4, -0.2) is 11.5 Å². The highest BCUT2D eigenvalue weighted by Gasteiger charge is 2.15. The quantitative estimate of drug-likeness (QED) is 0.831. The van der Waals surface area contributed by atoms with Crippen molar-refractivity contribution in [2.24, 2.45) is 0 Å². The summed E-state index contributed by atoms with van der Waals surface area (Å²) in [5.74, 6) is -0.649. The van der Waals surface area contributed by atoms with E-state index in [1.165, 1.54) is 18.3 Å². The van der Waals surface area contributed by atoms with Crippen molar-refractivity contribution in [1.29, 1.82) is 0 Å². The van der Waals surface area contributed by atoms with Crippen LogP contribution in [0.3, 0.4) is 0 Å². The SMILES string of the molecule is CCCNC(Cc1ccc(Br)cc1F)c1cncc(F)c1. The second-order valence-electron chi connectivity index (χ2n) is 4.88. The molecule has 1 atom stereocenters. The molecular formula is C16H17BrF2N2. The van der Waals surface area contributed by atoms with Crippen LogP contribution in [0.25, 0.3) is 0 Å². The Labute approximate surface area is 131 Å². The number of nitrogens with one attached hydrogen (secondary N) is 1. The predicted octanol–water partition coefficient (Wildman–Crippen LogP) is 4.41. The number of aromatic nitrogens is 1. The van der Waals surface area contributed by atoms with Crippen LogP contribution in [-0.2, 0) is 6.42 Å². The number of pyridine rings is 1. The van der Waals surface area contributed by atoms with Gasteiger partial charge in [-0.3, -0.25) is 4.98 Å². The largest absolute Gasteiger partial charge is 0.310 e. The summed E-state index contributed by atoms with van der Waals surface area (Å²) in [7, 11) is 0. The van der Waals surface area contributed by atoms with Crippen molar-refractivity contribution >= 4 is 15.9 Å². The maximum Gasteiger partial charge on any atom is 0.141 e. The average Bonchev–Trinajstić information content (AvgIpc) is 2.45. The lowest BCUT2D eigenvalue weighted by molar-refractivity contribution is 0.507.